The van der Waals surface area contributed by atoms with Gasteiger partial charge in [-0.2, -0.15) is 0 Å². The quantitative estimate of drug-likeness (QED) is 0.164. The van der Waals surface area contributed by atoms with Gasteiger partial charge in [0.1, 0.15) is 0 Å². The zero-order valence-electron chi connectivity index (χ0n) is 47.2. The van der Waals surface area contributed by atoms with Crippen LogP contribution in [0.15, 0.2) is 273 Å². The van der Waals surface area contributed by atoms with Crippen LogP contribution in [-0.2, 0) is 10.8 Å². The van der Waals surface area contributed by atoms with Crippen LogP contribution in [0.4, 0.5) is 0 Å². The van der Waals surface area contributed by atoms with E-state index in [0.717, 1.165) is 61.4 Å². The van der Waals surface area contributed by atoms with E-state index >= 15 is 0 Å². The second-order valence-electron chi connectivity index (χ2n) is 24.5. The number of fused-ring (bicyclic) bond motifs is 29. The van der Waals surface area contributed by atoms with E-state index in [0.29, 0.717) is 0 Å². The van der Waals surface area contributed by atoms with Gasteiger partial charge in [0, 0.05) is 31.5 Å². The summed E-state index contributed by atoms with van der Waals surface area (Å²) >= 11 is 1.90. The van der Waals surface area contributed by atoms with Crippen LogP contribution in [-0.4, -0.2) is 9.97 Å². The number of nitrogens with zero attached hydrogens (tertiary/aromatic N) is 2. The monoisotopic (exact) mass is 1120 g/mol. The summed E-state index contributed by atoms with van der Waals surface area (Å²) in [6.45, 7) is 0. The van der Waals surface area contributed by atoms with Crippen LogP contribution in [0.2, 0.25) is 0 Å². The highest BCUT2D eigenvalue weighted by Gasteiger charge is 2.53. The Labute approximate surface area is 507 Å². The lowest BCUT2D eigenvalue weighted by molar-refractivity contribution is 0.794. The number of aromatic nitrogens is 2. The fourth-order valence-electron chi connectivity index (χ4n) is 16.8. The number of hydrogen-bond donors (Lipinski definition) is 0. The summed E-state index contributed by atoms with van der Waals surface area (Å²) in [4.78, 5) is 11.3. The molecule has 5 aliphatic carbocycles. The molecule has 0 amide bonds. The maximum absolute atomic E-state index is 5.79. The molecule has 0 fully saturated rings. The Hall–Kier alpha value is -10.6. The number of thiophene rings is 1. The summed E-state index contributed by atoms with van der Waals surface area (Å²) < 4.78 is 2.72. The van der Waals surface area contributed by atoms with Crippen molar-refractivity contribution in [1.82, 2.24) is 9.97 Å². The zero-order valence-corrected chi connectivity index (χ0v) is 48.0. The largest absolute Gasteiger partial charge is 0.252 e. The Bertz CT molecular complexity index is 5590. The predicted octanol–water partition coefficient (Wildman–Crippen LogP) is 19.6. The van der Waals surface area contributed by atoms with E-state index < -0.39 is 10.8 Å². The third-order valence-corrected chi connectivity index (χ3v) is 21.7. The fraction of sp³-hybridized carbons (Fsp3) is 0.0476. The van der Waals surface area contributed by atoms with Crippen LogP contribution < -0.4 is 9.75 Å². The first-order valence-corrected chi connectivity index (χ1v) is 31.3. The molecule has 15 aromatic rings. The Balaban J connectivity index is 0.781. The molecule has 2 heterocycles. The van der Waals surface area contributed by atoms with Gasteiger partial charge in [0.25, 0.3) is 0 Å². The summed E-state index contributed by atoms with van der Waals surface area (Å²) in [5.74, 6) is 0.251. The summed E-state index contributed by atoms with van der Waals surface area (Å²) in [7, 11) is 0. The molecule has 13 aromatic carbocycles. The smallest absolute Gasteiger partial charge is 0.0979 e. The maximum atomic E-state index is 5.79. The molecule has 2 nitrogen and oxygen atoms in total. The van der Waals surface area contributed by atoms with Gasteiger partial charge in [-0.15, -0.1) is 11.3 Å². The molecule has 402 valence electrons. The second-order valence-corrected chi connectivity index (χ2v) is 25.6. The number of benzene rings is 13. The third-order valence-electron chi connectivity index (χ3n) is 20.5. The fourth-order valence-corrected chi connectivity index (χ4v) is 18.0. The van der Waals surface area contributed by atoms with Gasteiger partial charge in [-0.3, -0.25) is 4.98 Å². The summed E-state index contributed by atoms with van der Waals surface area (Å²) in [5.41, 5.74) is 30.0. The predicted molar refractivity (Wildman–Crippen MR) is 361 cm³/mol. The van der Waals surface area contributed by atoms with Crippen LogP contribution in [0.25, 0.3) is 133 Å². The second kappa shape index (κ2) is 17.5. The Morgan fingerprint density at radius 1 is 0.333 bits per heavy atom. The summed E-state index contributed by atoms with van der Waals surface area (Å²) in [6, 6.07) is 101. The highest BCUT2D eigenvalue weighted by Crippen LogP contribution is 2.65. The maximum Gasteiger partial charge on any atom is 0.0979 e. The van der Waals surface area contributed by atoms with E-state index in [1.165, 1.54) is 126 Å². The van der Waals surface area contributed by atoms with E-state index in [-0.39, 0.29) is 5.92 Å². The van der Waals surface area contributed by atoms with E-state index in [1.54, 1.807) is 0 Å². The van der Waals surface area contributed by atoms with Gasteiger partial charge >= 0.3 is 0 Å². The SMILES string of the molecule is C1=c2sc3ccccc3c2=CC(c2cccc(-c3cnc4c5cc(-c6ccc7c(c6)C6(c8ccccc8-c8ccccc86)c6ccccc6-7)ccc5c5ccc(-c6ccc7c(c6)C6(c8ccccc8-c8ccccc86)c6ccccc6-7)cc5c4n3)c2)C1. The molecule has 0 saturated carbocycles. The van der Waals surface area contributed by atoms with Crippen molar-refractivity contribution >= 4 is 66.2 Å². The Morgan fingerprint density at radius 2 is 0.770 bits per heavy atom. The molecular formula is C84H50N2S. The van der Waals surface area contributed by atoms with Gasteiger partial charge in [0.2, 0.25) is 0 Å². The van der Waals surface area contributed by atoms with Crippen LogP contribution >= 0.6 is 11.3 Å². The minimum atomic E-state index is -0.440. The van der Waals surface area contributed by atoms with Crippen molar-refractivity contribution in [2.45, 2.75) is 23.2 Å². The van der Waals surface area contributed by atoms with Gasteiger partial charge in [-0.25, -0.2) is 4.98 Å². The van der Waals surface area contributed by atoms with Gasteiger partial charge < -0.3 is 0 Å². The van der Waals surface area contributed by atoms with E-state index in [1.807, 2.05) is 17.5 Å². The van der Waals surface area contributed by atoms with Gasteiger partial charge in [0.05, 0.1) is 33.8 Å². The minimum Gasteiger partial charge on any atom is -0.252 e. The average Bonchev–Trinajstić information content (AvgIpc) is 1.54. The van der Waals surface area contributed by atoms with Crippen LogP contribution in [0, 0.1) is 0 Å². The first kappa shape index (κ1) is 47.7. The highest BCUT2D eigenvalue weighted by molar-refractivity contribution is 7.17. The molecule has 0 saturated heterocycles. The standard InChI is InChI=1S/C84H50N2S/c1-8-25-70-58(18-1)59-19-2-9-26-71(59)83(70)74-29-12-5-22-62(74)64-39-34-53(46-76(64)83)50-32-37-56-57-38-33-51(54-35-40-65-63-23-6-13-30-75(63)84(77(65)47-54)72-27-10-3-20-60(72)61-21-4-11-28-73(61)84)45-69(57)82-81(68(56)44-50)85-48-78(86-82)55-17-15-16-49(42-55)52-36-41-80-67(43-52)66-24-7-14-31-79(66)87-80/h1-35,37-48,52H,36H2. The van der Waals surface area contributed by atoms with E-state index in [9.17, 15) is 0 Å². The molecule has 0 bridgehead atoms. The molecule has 0 radical (unpaired) electrons. The molecular weight excluding hydrogens is 1070 g/mol. The third kappa shape index (κ3) is 6.28. The van der Waals surface area contributed by atoms with Crippen molar-refractivity contribution in [3.8, 4) is 78.0 Å². The van der Waals surface area contributed by atoms with Crippen molar-refractivity contribution in [3.63, 3.8) is 0 Å². The van der Waals surface area contributed by atoms with Crippen molar-refractivity contribution in [3.05, 3.63) is 333 Å². The topological polar surface area (TPSA) is 25.8 Å². The summed E-state index contributed by atoms with van der Waals surface area (Å²) in [5, 5.41) is 7.19. The van der Waals surface area contributed by atoms with Crippen molar-refractivity contribution < 1.29 is 0 Å². The molecule has 0 N–H and O–H groups in total. The molecule has 1 atom stereocenters. The first-order valence-electron chi connectivity index (χ1n) is 30.5. The highest BCUT2D eigenvalue weighted by atomic mass is 32.1. The lowest BCUT2D eigenvalue weighted by atomic mass is 9.70. The molecule has 2 spiro atoms. The molecule has 2 aromatic heterocycles. The number of rotatable bonds is 4. The summed E-state index contributed by atoms with van der Waals surface area (Å²) in [6.07, 6.45) is 7.91. The first-order chi connectivity index (χ1) is 43.1. The van der Waals surface area contributed by atoms with E-state index in [4.69, 9.17) is 9.97 Å². The molecule has 3 heteroatoms. The molecule has 0 aliphatic heterocycles. The van der Waals surface area contributed by atoms with Crippen molar-refractivity contribution in [2.75, 3.05) is 0 Å². The lowest BCUT2D eigenvalue weighted by Crippen LogP contribution is -2.25. The normalized spacial score (nSPS) is 15.3. The van der Waals surface area contributed by atoms with Crippen molar-refractivity contribution in [2.24, 2.45) is 0 Å². The molecule has 20 rings (SSSR count). The van der Waals surface area contributed by atoms with Crippen LogP contribution in [0.1, 0.15) is 62.4 Å². The van der Waals surface area contributed by atoms with Crippen LogP contribution in [0.5, 0.6) is 0 Å². The Kier molecular flexibility index (Phi) is 9.61. The minimum absolute atomic E-state index is 0.251. The molecule has 1 unspecified atom stereocenters. The molecule has 5 aliphatic rings. The Morgan fingerprint density at radius 3 is 1.29 bits per heavy atom. The van der Waals surface area contributed by atoms with Gasteiger partial charge in [-0.05, 0) is 181 Å². The van der Waals surface area contributed by atoms with Crippen LogP contribution in [0.3, 0.4) is 0 Å². The number of hydrogen-bond acceptors (Lipinski definition) is 3. The molecule has 87 heavy (non-hydrogen) atoms. The lowest BCUT2D eigenvalue weighted by Gasteiger charge is -2.30. The van der Waals surface area contributed by atoms with Crippen molar-refractivity contribution in [1.29, 1.82) is 0 Å². The average molecular weight is 1120 g/mol. The van der Waals surface area contributed by atoms with Gasteiger partial charge in [0.15, 0.2) is 0 Å². The van der Waals surface area contributed by atoms with E-state index in [2.05, 4.69) is 279 Å². The van der Waals surface area contributed by atoms with Gasteiger partial charge in [-0.1, -0.05) is 243 Å². The zero-order chi connectivity index (χ0) is 56.7.